The molecule has 0 fully saturated rings. The Kier molecular flexibility index (Phi) is 5.49. The van der Waals surface area contributed by atoms with Crippen molar-refractivity contribution in [3.05, 3.63) is 83.8 Å². The zero-order chi connectivity index (χ0) is 23.8. The SMILES string of the molecule is Cc1nn(C)c2nc(-c3ccco3)cc(C(=O)Nc3cccc(Cn4ccnc4C(C)C)c3)c12. The average Bonchev–Trinajstić information content (AvgIpc) is 3.55. The number of amides is 1. The lowest BCUT2D eigenvalue weighted by Crippen LogP contribution is -2.14. The van der Waals surface area contributed by atoms with Gasteiger partial charge in [0.1, 0.15) is 11.5 Å². The van der Waals surface area contributed by atoms with Gasteiger partial charge in [-0.25, -0.2) is 9.97 Å². The lowest BCUT2D eigenvalue weighted by Gasteiger charge is -2.12. The molecule has 172 valence electrons. The van der Waals surface area contributed by atoms with E-state index in [0.717, 1.165) is 28.2 Å². The molecule has 0 aliphatic rings. The van der Waals surface area contributed by atoms with Crippen molar-refractivity contribution in [1.29, 1.82) is 0 Å². The van der Waals surface area contributed by atoms with Gasteiger partial charge in [-0.2, -0.15) is 5.10 Å². The maximum Gasteiger partial charge on any atom is 0.256 e. The van der Waals surface area contributed by atoms with Gasteiger partial charge in [0.05, 0.1) is 22.9 Å². The van der Waals surface area contributed by atoms with E-state index in [4.69, 9.17) is 4.42 Å². The molecule has 0 aliphatic carbocycles. The first kappa shape index (κ1) is 21.6. The minimum absolute atomic E-state index is 0.223. The van der Waals surface area contributed by atoms with E-state index >= 15 is 0 Å². The number of nitrogens with zero attached hydrogens (tertiary/aromatic N) is 5. The average molecular weight is 455 g/mol. The van der Waals surface area contributed by atoms with Crippen molar-refractivity contribution in [2.24, 2.45) is 7.05 Å². The number of carbonyl (C=O) groups excluding carboxylic acids is 1. The third-order valence-electron chi connectivity index (χ3n) is 5.79. The van der Waals surface area contributed by atoms with Crippen LogP contribution in [0.4, 0.5) is 5.69 Å². The first-order chi connectivity index (χ1) is 16.4. The number of fused-ring (bicyclic) bond motifs is 1. The molecule has 5 rings (SSSR count). The number of furan rings is 1. The Morgan fingerprint density at radius 2 is 2.03 bits per heavy atom. The van der Waals surface area contributed by atoms with Gasteiger partial charge in [0.15, 0.2) is 11.4 Å². The minimum Gasteiger partial charge on any atom is -0.463 e. The highest BCUT2D eigenvalue weighted by molar-refractivity contribution is 6.13. The predicted molar refractivity (Wildman–Crippen MR) is 131 cm³/mol. The van der Waals surface area contributed by atoms with E-state index in [1.165, 1.54) is 0 Å². The van der Waals surface area contributed by atoms with Crippen LogP contribution in [0.25, 0.3) is 22.5 Å². The van der Waals surface area contributed by atoms with Crippen LogP contribution in [-0.2, 0) is 13.6 Å². The van der Waals surface area contributed by atoms with Crippen LogP contribution in [0, 0.1) is 6.92 Å². The Morgan fingerprint density at radius 1 is 1.18 bits per heavy atom. The van der Waals surface area contributed by atoms with E-state index in [-0.39, 0.29) is 5.91 Å². The highest BCUT2D eigenvalue weighted by Gasteiger charge is 2.20. The molecule has 4 heterocycles. The summed E-state index contributed by atoms with van der Waals surface area (Å²) in [5.74, 6) is 1.74. The largest absolute Gasteiger partial charge is 0.463 e. The zero-order valence-electron chi connectivity index (χ0n) is 19.6. The smallest absolute Gasteiger partial charge is 0.256 e. The fraction of sp³-hybridized carbons (Fsp3) is 0.231. The molecular weight excluding hydrogens is 428 g/mol. The standard InChI is InChI=1S/C26H26N6O2/c1-16(2)24-27-10-11-32(24)15-18-7-5-8-19(13-18)28-26(33)20-14-21(22-9-6-12-34-22)29-25-23(20)17(3)30-31(25)4/h5-14,16H,15H2,1-4H3,(H,28,33). The van der Waals surface area contributed by atoms with Gasteiger partial charge < -0.3 is 14.3 Å². The summed E-state index contributed by atoms with van der Waals surface area (Å²) in [6.07, 6.45) is 5.39. The Bertz CT molecular complexity index is 1480. The van der Waals surface area contributed by atoms with Crippen LogP contribution in [0.5, 0.6) is 0 Å². The highest BCUT2D eigenvalue weighted by atomic mass is 16.3. The van der Waals surface area contributed by atoms with E-state index in [2.05, 4.69) is 38.8 Å². The van der Waals surface area contributed by atoms with Gasteiger partial charge >= 0.3 is 0 Å². The Hall–Kier alpha value is -4.20. The number of aromatic nitrogens is 5. The molecule has 0 spiro atoms. The summed E-state index contributed by atoms with van der Waals surface area (Å²) >= 11 is 0. The summed E-state index contributed by atoms with van der Waals surface area (Å²) in [5, 5.41) is 8.26. The minimum atomic E-state index is -0.223. The van der Waals surface area contributed by atoms with Crippen molar-refractivity contribution in [3.63, 3.8) is 0 Å². The maximum atomic E-state index is 13.5. The van der Waals surface area contributed by atoms with Crippen molar-refractivity contribution in [3.8, 4) is 11.5 Å². The predicted octanol–water partition coefficient (Wildman–Crippen LogP) is 5.16. The second kappa shape index (κ2) is 8.62. The van der Waals surface area contributed by atoms with E-state index in [9.17, 15) is 4.79 Å². The molecule has 8 nitrogen and oxygen atoms in total. The third-order valence-corrected chi connectivity index (χ3v) is 5.79. The summed E-state index contributed by atoms with van der Waals surface area (Å²) in [7, 11) is 1.82. The van der Waals surface area contributed by atoms with Crippen LogP contribution in [-0.4, -0.2) is 30.2 Å². The van der Waals surface area contributed by atoms with E-state index in [1.54, 1.807) is 23.1 Å². The van der Waals surface area contributed by atoms with E-state index in [0.29, 0.717) is 35.1 Å². The van der Waals surface area contributed by atoms with Gasteiger partial charge in [0.25, 0.3) is 5.91 Å². The molecule has 1 amide bonds. The number of hydrogen-bond donors (Lipinski definition) is 1. The van der Waals surface area contributed by atoms with Crippen molar-refractivity contribution in [2.45, 2.75) is 33.2 Å². The maximum absolute atomic E-state index is 13.5. The number of rotatable bonds is 6. The van der Waals surface area contributed by atoms with Crippen molar-refractivity contribution < 1.29 is 9.21 Å². The van der Waals surface area contributed by atoms with E-state index in [1.807, 2.05) is 56.7 Å². The second-order valence-electron chi connectivity index (χ2n) is 8.66. The van der Waals surface area contributed by atoms with Crippen LogP contribution >= 0.6 is 0 Å². The molecule has 0 atom stereocenters. The fourth-order valence-corrected chi connectivity index (χ4v) is 4.27. The molecule has 1 aromatic carbocycles. The summed E-state index contributed by atoms with van der Waals surface area (Å²) in [4.78, 5) is 22.6. The number of imidazole rings is 1. The lowest BCUT2D eigenvalue weighted by atomic mass is 10.1. The van der Waals surface area contributed by atoms with Crippen LogP contribution < -0.4 is 5.32 Å². The molecular formula is C26H26N6O2. The quantitative estimate of drug-likeness (QED) is 0.383. The molecule has 1 N–H and O–H groups in total. The molecule has 4 aromatic heterocycles. The lowest BCUT2D eigenvalue weighted by molar-refractivity contribution is 0.102. The molecule has 34 heavy (non-hydrogen) atoms. The molecule has 8 heteroatoms. The van der Waals surface area contributed by atoms with Crippen molar-refractivity contribution >= 4 is 22.6 Å². The van der Waals surface area contributed by atoms with Gasteiger partial charge in [0, 0.05) is 37.6 Å². The summed E-state index contributed by atoms with van der Waals surface area (Å²) in [6.45, 7) is 6.82. The summed E-state index contributed by atoms with van der Waals surface area (Å²) < 4.78 is 9.35. The number of nitrogens with one attached hydrogen (secondary N) is 1. The Balaban J connectivity index is 1.47. The highest BCUT2D eigenvalue weighted by Crippen LogP contribution is 2.28. The Labute approximate surface area is 197 Å². The van der Waals surface area contributed by atoms with Gasteiger partial charge in [-0.15, -0.1) is 0 Å². The summed E-state index contributed by atoms with van der Waals surface area (Å²) in [5.41, 5.74) is 4.26. The van der Waals surface area contributed by atoms with Crippen molar-refractivity contribution in [2.75, 3.05) is 5.32 Å². The molecule has 0 unspecified atom stereocenters. The molecule has 0 aliphatic heterocycles. The summed E-state index contributed by atoms with van der Waals surface area (Å²) in [6, 6.07) is 13.3. The number of pyridine rings is 1. The number of carbonyl (C=O) groups is 1. The molecule has 0 saturated carbocycles. The normalized spacial score (nSPS) is 11.4. The Morgan fingerprint density at radius 3 is 2.79 bits per heavy atom. The van der Waals surface area contributed by atoms with Crippen LogP contribution in [0.1, 0.15) is 47.2 Å². The topological polar surface area (TPSA) is 90.8 Å². The molecule has 5 aromatic rings. The number of benzene rings is 1. The number of aryl methyl sites for hydroxylation is 2. The number of hydrogen-bond acceptors (Lipinski definition) is 5. The van der Waals surface area contributed by atoms with Gasteiger partial charge in [-0.1, -0.05) is 26.0 Å². The van der Waals surface area contributed by atoms with Crippen LogP contribution in [0.3, 0.4) is 0 Å². The first-order valence-corrected chi connectivity index (χ1v) is 11.2. The first-order valence-electron chi connectivity index (χ1n) is 11.2. The fourth-order valence-electron chi connectivity index (χ4n) is 4.27. The van der Waals surface area contributed by atoms with Crippen LogP contribution in [0.2, 0.25) is 0 Å². The zero-order valence-corrected chi connectivity index (χ0v) is 19.6. The van der Waals surface area contributed by atoms with Gasteiger partial charge in [0.2, 0.25) is 0 Å². The number of anilines is 1. The van der Waals surface area contributed by atoms with Gasteiger partial charge in [-0.05, 0) is 42.8 Å². The molecule has 0 bridgehead atoms. The third kappa shape index (κ3) is 3.98. The van der Waals surface area contributed by atoms with Crippen LogP contribution in [0.15, 0.2) is 65.5 Å². The van der Waals surface area contributed by atoms with Gasteiger partial charge in [-0.3, -0.25) is 9.48 Å². The van der Waals surface area contributed by atoms with Crippen molar-refractivity contribution in [1.82, 2.24) is 24.3 Å². The molecule has 0 radical (unpaired) electrons. The second-order valence-corrected chi connectivity index (χ2v) is 8.66. The molecule has 0 saturated heterocycles. The van der Waals surface area contributed by atoms with E-state index < -0.39 is 0 Å². The monoisotopic (exact) mass is 454 g/mol.